The Kier molecular flexibility index (Phi) is 4.90. The Bertz CT molecular complexity index is 704. The highest BCUT2D eigenvalue weighted by Gasteiger charge is 2.04. The number of hydrogen-bond acceptors (Lipinski definition) is 3. The monoisotopic (exact) mass is 308 g/mol. The lowest BCUT2D eigenvalue weighted by atomic mass is 10.3. The van der Waals surface area contributed by atoms with Crippen molar-refractivity contribution in [2.24, 2.45) is 0 Å². The van der Waals surface area contributed by atoms with Crippen molar-refractivity contribution in [1.82, 2.24) is 0 Å². The lowest BCUT2D eigenvalue weighted by Gasteiger charge is -2.11. The molecule has 1 heterocycles. The van der Waals surface area contributed by atoms with Crippen LogP contribution in [-0.4, -0.2) is 6.61 Å². The summed E-state index contributed by atoms with van der Waals surface area (Å²) in [6.07, 6.45) is 2.01. The highest BCUT2D eigenvalue weighted by Crippen LogP contribution is 2.19. The maximum absolute atomic E-state index is 5.95. The van der Waals surface area contributed by atoms with E-state index in [0.29, 0.717) is 6.61 Å². The number of rotatable bonds is 6. The van der Waals surface area contributed by atoms with Gasteiger partial charge in [0.05, 0.1) is 0 Å². The zero-order valence-electron chi connectivity index (χ0n) is 12.0. The minimum Gasteiger partial charge on any atom is -0.486 e. The highest BCUT2D eigenvalue weighted by molar-refractivity contribution is 7.10. The van der Waals surface area contributed by atoms with E-state index in [1.165, 1.54) is 0 Å². The summed E-state index contributed by atoms with van der Waals surface area (Å²) in [6, 6.07) is 23.6. The van der Waals surface area contributed by atoms with E-state index in [4.69, 9.17) is 9.47 Å². The van der Waals surface area contributed by atoms with Gasteiger partial charge in [0.1, 0.15) is 23.9 Å². The first-order valence-electron chi connectivity index (χ1n) is 7.05. The molecule has 0 fully saturated rings. The van der Waals surface area contributed by atoms with E-state index in [1.807, 2.05) is 78.2 Å². The predicted octanol–water partition coefficient (Wildman–Crippen LogP) is 5.25. The van der Waals surface area contributed by atoms with Gasteiger partial charge < -0.3 is 9.47 Å². The van der Waals surface area contributed by atoms with Gasteiger partial charge in [0.2, 0.25) is 0 Å². The maximum atomic E-state index is 5.95. The van der Waals surface area contributed by atoms with Crippen LogP contribution in [0.3, 0.4) is 0 Å². The summed E-state index contributed by atoms with van der Waals surface area (Å²) in [7, 11) is 0. The Hall–Kier alpha value is -2.52. The third kappa shape index (κ3) is 4.24. The molecular formula is C19H16O2S. The zero-order valence-corrected chi connectivity index (χ0v) is 12.8. The summed E-state index contributed by atoms with van der Waals surface area (Å²) in [5.74, 6) is 2.41. The van der Waals surface area contributed by atoms with Gasteiger partial charge in [-0.15, -0.1) is 11.3 Å². The molecule has 0 saturated carbocycles. The van der Waals surface area contributed by atoms with E-state index in [2.05, 4.69) is 6.07 Å². The van der Waals surface area contributed by atoms with Crippen LogP contribution < -0.4 is 9.47 Å². The van der Waals surface area contributed by atoms with E-state index in [9.17, 15) is 0 Å². The van der Waals surface area contributed by atoms with Crippen molar-refractivity contribution >= 4 is 17.4 Å². The number of hydrogen-bond donors (Lipinski definition) is 0. The van der Waals surface area contributed by atoms with Crippen molar-refractivity contribution in [3.8, 4) is 11.5 Å². The molecule has 0 radical (unpaired) electrons. The first kappa shape index (κ1) is 14.4. The first-order chi connectivity index (χ1) is 10.9. The Morgan fingerprint density at radius 2 is 1.50 bits per heavy atom. The maximum Gasteiger partial charge on any atom is 0.146 e. The average molecular weight is 308 g/mol. The normalized spacial score (nSPS) is 11.2. The second-order valence-electron chi connectivity index (χ2n) is 4.64. The van der Waals surface area contributed by atoms with Gasteiger partial charge in [-0.3, -0.25) is 0 Å². The van der Waals surface area contributed by atoms with Gasteiger partial charge in [0, 0.05) is 4.88 Å². The van der Waals surface area contributed by atoms with Gasteiger partial charge in [-0.05, 0) is 41.8 Å². The molecule has 3 heteroatoms. The van der Waals surface area contributed by atoms with Crippen LogP contribution >= 0.6 is 11.3 Å². The molecule has 110 valence electrons. The number of para-hydroxylation sites is 2. The quantitative estimate of drug-likeness (QED) is 0.579. The lowest BCUT2D eigenvalue weighted by molar-refractivity contribution is 0.283. The van der Waals surface area contributed by atoms with Crippen molar-refractivity contribution in [1.29, 1.82) is 0 Å². The molecule has 2 nitrogen and oxygen atoms in total. The van der Waals surface area contributed by atoms with Crippen LogP contribution in [-0.2, 0) is 0 Å². The molecule has 1 aromatic heterocycles. The van der Waals surface area contributed by atoms with Crippen LogP contribution in [0.2, 0.25) is 0 Å². The van der Waals surface area contributed by atoms with Crippen molar-refractivity contribution in [2.45, 2.75) is 0 Å². The molecule has 0 bridgehead atoms. The third-order valence-electron chi connectivity index (χ3n) is 2.96. The first-order valence-corrected chi connectivity index (χ1v) is 7.93. The molecule has 3 rings (SSSR count). The fraction of sp³-hybridized carbons (Fsp3) is 0.0526. The van der Waals surface area contributed by atoms with Gasteiger partial charge in [0.25, 0.3) is 0 Å². The highest BCUT2D eigenvalue weighted by atomic mass is 32.1. The average Bonchev–Trinajstić information content (AvgIpc) is 3.08. The molecule has 2 aromatic carbocycles. The van der Waals surface area contributed by atoms with E-state index < -0.39 is 0 Å². The van der Waals surface area contributed by atoms with Gasteiger partial charge in [-0.25, -0.2) is 0 Å². The molecule has 22 heavy (non-hydrogen) atoms. The molecule has 3 aromatic rings. The van der Waals surface area contributed by atoms with Crippen molar-refractivity contribution in [2.75, 3.05) is 6.61 Å². The SMILES string of the molecule is C(=C(\COc1ccccc1)Oc1ccccc1)/c1cccs1. The van der Waals surface area contributed by atoms with Crippen molar-refractivity contribution in [3.63, 3.8) is 0 Å². The van der Waals surface area contributed by atoms with Gasteiger partial charge in [-0.2, -0.15) is 0 Å². The lowest BCUT2D eigenvalue weighted by Crippen LogP contribution is -2.07. The summed E-state index contributed by atoms with van der Waals surface area (Å²) in [5, 5.41) is 2.05. The molecule has 0 saturated heterocycles. The summed E-state index contributed by atoms with van der Waals surface area (Å²) in [4.78, 5) is 1.14. The summed E-state index contributed by atoms with van der Waals surface area (Å²) in [6.45, 7) is 0.386. The minimum atomic E-state index is 0.386. The largest absolute Gasteiger partial charge is 0.486 e. The topological polar surface area (TPSA) is 18.5 Å². The van der Waals surface area contributed by atoms with Gasteiger partial charge >= 0.3 is 0 Å². The van der Waals surface area contributed by atoms with Crippen LogP contribution in [0.15, 0.2) is 83.9 Å². The minimum absolute atomic E-state index is 0.386. The Morgan fingerprint density at radius 1 is 0.818 bits per heavy atom. The summed E-state index contributed by atoms with van der Waals surface area (Å²) in [5.41, 5.74) is 0. The molecule has 0 aliphatic heterocycles. The predicted molar refractivity (Wildman–Crippen MR) is 91.3 cm³/mol. The fourth-order valence-electron chi connectivity index (χ4n) is 1.94. The molecule has 0 aliphatic carbocycles. The second kappa shape index (κ2) is 7.48. The molecule has 0 unspecified atom stereocenters. The van der Waals surface area contributed by atoms with E-state index >= 15 is 0 Å². The Morgan fingerprint density at radius 3 is 2.14 bits per heavy atom. The number of ether oxygens (including phenoxy) is 2. The van der Waals surface area contributed by atoms with Crippen molar-refractivity contribution < 1.29 is 9.47 Å². The van der Waals surface area contributed by atoms with Crippen LogP contribution in [0, 0.1) is 0 Å². The summed E-state index contributed by atoms with van der Waals surface area (Å²) >= 11 is 1.67. The Labute approximate surface area is 134 Å². The van der Waals surface area contributed by atoms with Crippen LogP contribution in [0.1, 0.15) is 4.88 Å². The smallest absolute Gasteiger partial charge is 0.146 e. The molecule has 0 atom stereocenters. The van der Waals surface area contributed by atoms with E-state index in [1.54, 1.807) is 11.3 Å². The van der Waals surface area contributed by atoms with Gasteiger partial charge in [0.15, 0.2) is 0 Å². The molecule has 0 spiro atoms. The zero-order chi connectivity index (χ0) is 15.0. The molecule has 0 aliphatic rings. The van der Waals surface area contributed by atoms with E-state index in [-0.39, 0.29) is 0 Å². The van der Waals surface area contributed by atoms with E-state index in [0.717, 1.165) is 22.1 Å². The summed E-state index contributed by atoms with van der Waals surface area (Å²) < 4.78 is 11.8. The molecule has 0 amide bonds. The molecular weight excluding hydrogens is 292 g/mol. The Balaban J connectivity index is 1.74. The fourth-order valence-corrected chi connectivity index (χ4v) is 2.61. The number of benzene rings is 2. The number of thiophene rings is 1. The van der Waals surface area contributed by atoms with Crippen molar-refractivity contribution in [3.05, 3.63) is 88.8 Å². The van der Waals surface area contributed by atoms with Crippen LogP contribution in [0.5, 0.6) is 11.5 Å². The third-order valence-corrected chi connectivity index (χ3v) is 3.78. The van der Waals surface area contributed by atoms with Gasteiger partial charge in [-0.1, -0.05) is 42.5 Å². The molecule has 0 N–H and O–H groups in total. The van der Waals surface area contributed by atoms with Crippen LogP contribution in [0.4, 0.5) is 0 Å². The second-order valence-corrected chi connectivity index (χ2v) is 5.62. The van der Waals surface area contributed by atoms with Crippen LogP contribution in [0.25, 0.3) is 6.08 Å². The standard InChI is InChI=1S/C19H16O2S/c1-3-8-16(9-4-1)20-15-18(14-19-12-7-13-22-19)21-17-10-5-2-6-11-17/h1-14H,15H2/b18-14-.